The van der Waals surface area contributed by atoms with Crippen molar-refractivity contribution in [2.75, 3.05) is 6.61 Å². The van der Waals surface area contributed by atoms with Gasteiger partial charge in [-0.2, -0.15) is 0 Å². The quantitative estimate of drug-likeness (QED) is 0.385. The Balaban J connectivity index is 3.38. The van der Waals surface area contributed by atoms with E-state index in [4.69, 9.17) is 0 Å². The summed E-state index contributed by atoms with van der Waals surface area (Å²) >= 11 is 3.06. The molecule has 0 aliphatic rings. The molecule has 0 rings (SSSR count). The lowest BCUT2D eigenvalue weighted by atomic mass is 10.5. The maximum Gasteiger partial charge on any atom is 0.319 e. The molecule has 2 nitrogen and oxygen atoms in total. The van der Waals surface area contributed by atoms with Crippen LogP contribution in [0.5, 0.6) is 0 Å². The first-order valence-corrected chi connectivity index (χ1v) is 3.51. The molecule has 3 heteroatoms. The molecule has 0 spiro atoms. The van der Waals surface area contributed by atoms with E-state index >= 15 is 0 Å². The molecule has 0 aliphatic carbocycles. The van der Waals surface area contributed by atoms with Gasteiger partial charge in [0.2, 0.25) is 0 Å². The van der Waals surface area contributed by atoms with E-state index in [1.807, 2.05) is 0 Å². The number of hydrogen-bond donors (Lipinski definition) is 0. The lowest BCUT2D eigenvalue weighted by molar-refractivity contribution is -0.141. The Hall–Kier alpha value is -0.310. The van der Waals surface area contributed by atoms with E-state index in [9.17, 15) is 4.79 Å². The molecule has 52 valence electrons. The maximum atomic E-state index is 10.6. The molecule has 0 bridgehead atoms. The van der Waals surface area contributed by atoms with Crippen LogP contribution in [0, 0.1) is 0 Å². The van der Waals surface area contributed by atoms with Crippen molar-refractivity contribution in [3.05, 3.63) is 12.7 Å². The highest BCUT2D eigenvalue weighted by molar-refractivity contribution is 9.10. The van der Waals surface area contributed by atoms with Crippen LogP contribution in [0.3, 0.4) is 0 Å². The number of carbonyl (C=O) groups is 1. The second kappa shape index (κ2) is 4.56. The summed E-state index contributed by atoms with van der Waals surface area (Å²) in [6.07, 6.45) is 1.54. The SMILES string of the molecule is C=CCOC(=O)[C@@H](C)Br. The zero-order chi connectivity index (χ0) is 7.28. The van der Waals surface area contributed by atoms with Crippen molar-refractivity contribution in [3.8, 4) is 0 Å². The lowest BCUT2D eigenvalue weighted by Crippen LogP contribution is -2.13. The number of hydrogen-bond acceptors (Lipinski definition) is 2. The van der Waals surface area contributed by atoms with Gasteiger partial charge in [-0.1, -0.05) is 28.6 Å². The summed E-state index contributed by atoms with van der Waals surface area (Å²) in [7, 11) is 0. The van der Waals surface area contributed by atoms with Gasteiger partial charge in [0.15, 0.2) is 0 Å². The molecule has 0 saturated carbocycles. The molecule has 0 saturated heterocycles. The molecule has 0 aromatic carbocycles. The minimum atomic E-state index is -0.255. The van der Waals surface area contributed by atoms with Crippen LogP contribution in [0.2, 0.25) is 0 Å². The fourth-order valence-electron chi connectivity index (χ4n) is 0.256. The molecule has 0 aromatic rings. The number of carbonyl (C=O) groups excluding carboxylic acids is 1. The number of esters is 1. The van der Waals surface area contributed by atoms with E-state index in [-0.39, 0.29) is 17.4 Å². The van der Waals surface area contributed by atoms with Crippen LogP contribution in [-0.2, 0) is 9.53 Å². The molecule has 0 heterocycles. The minimum Gasteiger partial charge on any atom is -0.461 e. The van der Waals surface area contributed by atoms with E-state index in [1.54, 1.807) is 6.92 Å². The summed E-state index contributed by atoms with van der Waals surface area (Å²) in [5.41, 5.74) is 0. The first-order chi connectivity index (χ1) is 4.18. The van der Waals surface area contributed by atoms with E-state index in [1.165, 1.54) is 6.08 Å². The van der Waals surface area contributed by atoms with Crippen molar-refractivity contribution < 1.29 is 9.53 Å². The van der Waals surface area contributed by atoms with E-state index in [2.05, 4.69) is 27.2 Å². The largest absolute Gasteiger partial charge is 0.461 e. The fourth-order valence-corrected chi connectivity index (χ4v) is 0.388. The highest BCUT2D eigenvalue weighted by Gasteiger charge is 2.07. The molecule has 0 fully saturated rings. The Kier molecular flexibility index (Phi) is 4.40. The normalized spacial score (nSPS) is 12.2. The van der Waals surface area contributed by atoms with E-state index in [0.29, 0.717) is 0 Å². The van der Waals surface area contributed by atoms with E-state index in [0.717, 1.165) is 0 Å². The monoisotopic (exact) mass is 192 g/mol. The van der Waals surface area contributed by atoms with Crippen molar-refractivity contribution >= 4 is 21.9 Å². The second-order valence-electron chi connectivity index (χ2n) is 1.53. The van der Waals surface area contributed by atoms with Crippen LogP contribution >= 0.6 is 15.9 Å². The summed E-state index contributed by atoms with van der Waals surface area (Å²) in [6, 6.07) is 0. The Bertz CT molecular complexity index is 110. The first-order valence-electron chi connectivity index (χ1n) is 2.60. The van der Waals surface area contributed by atoms with Crippen molar-refractivity contribution in [3.63, 3.8) is 0 Å². The zero-order valence-electron chi connectivity index (χ0n) is 5.26. The molecular formula is C6H9BrO2. The summed E-state index contributed by atoms with van der Waals surface area (Å²) in [6.45, 7) is 5.40. The van der Waals surface area contributed by atoms with Crippen molar-refractivity contribution in [2.24, 2.45) is 0 Å². The van der Waals surface area contributed by atoms with Gasteiger partial charge < -0.3 is 4.74 Å². The molecule has 0 amide bonds. The molecule has 0 aromatic heterocycles. The van der Waals surface area contributed by atoms with Gasteiger partial charge >= 0.3 is 5.97 Å². The molecular weight excluding hydrogens is 184 g/mol. The summed E-state index contributed by atoms with van der Waals surface area (Å²) in [4.78, 5) is 10.4. The number of rotatable bonds is 3. The Morgan fingerprint density at radius 1 is 2.00 bits per heavy atom. The third-order valence-electron chi connectivity index (χ3n) is 0.668. The average Bonchev–Trinajstić information content (AvgIpc) is 1.82. The zero-order valence-corrected chi connectivity index (χ0v) is 6.85. The third-order valence-corrected chi connectivity index (χ3v) is 1.04. The minimum absolute atomic E-state index is 0.225. The van der Waals surface area contributed by atoms with Gasteiger partial charge in [-0.05, 0) is 6.92 Å². The van der Waals surface area contributed by atoms with Crippen molar-refractivity contribution in [2.45, 2.75) is 11.8 Å². The average molecular weight is 193 g/mol. The van der Waals surface area contributed by atoms with Gasteiger partial charge in [0.25, 0.3) is 0 Å². The number of halogens is 1. The summed E-state index contributed by atoms with van der Waals surface area (Å²) in [5, 5.41) is 0. The van der Waals surface area contributed by atoms with Crippen LogP contribution in [0.25, 0.3) is 0 Å². The number of alkyl halides is 1. The van der Waals surface area contributed by atoms with Crippen LogP contribution in [0.1, 0.15) is 6.92 Å². The summed E-state index contributed by atoms with van der Waals surface area (Å²) in [5.74, 6) is -0.255. The number of ether oxygens (including phenoxy) is 1. The van der Waals surface area contributed by atoms with Gasteiger partial charge in [0.05, 0.1) is 0 Å². The predicted molar refractivity (Wildman–Crippen MR) is 39.5 cm³/mol. The second-order valence-corrected chi connectivity index (χ2v) is 2.91. The van der Waals surface area contributed by atoms with Crippen molar-refractivity contribution in [1.29, 1.82) is 0 Å². The van der Waals surface area contributed by atoms with Gasteiger partial charge in [0, 0.05) is 0 Å². The lowest BCUT2D eigenvalue weighted by Gasteiger charge is -2.01. The molecule has 1 atom stereocenters. The molecule has 0 N–H and O–H groups in total. The van der Waals surface area contributed by atoms with Crippen LogP contribution in [0.15, 0.2) is 12.7 Å². The topological polar surface area (TPSA) is 26.3 Å². The van der Waals surface area contributed by atoms with Crippen LogP contribution < -0.4 is 0 Å². The Labute approximate surface area is 63.0 Å². The Morgan fingerprint density at radius 2 is 2.56 bits per heavy atom. The highest BCUT2D eigenvalue weighted by Crippen LogP contribution is 1.99. The first kappa shape index (κ1) is 8.69. The fraction of sp³-hybridized carbons (Fsp3) is 0.500. The molecule has 0 aliphatic heterocycles. The molecule has 0 unspecified atom stereocenters. The highest BCUT2D eigenvalue weighted by atomic mass is 79.9. The van der Waals surface area contributed by atoms with E-state index < -0.39 is 0 Å². The molecule has 9 heavy (non-hydrogen) atoms. The van der Waals surface area contributed by atoms with Gasteiger partial charge in [-0.25, -0.2) is 0 Å². The van der Waals surface area contributed by atoms with Crippen LogP contribution in [0.4, 0.5) is 0 Å². The van der Waals surface area contributed by atoms with Crippen molar-refractivity contribution in [1.82, 2.24) is 0 Å². The van der Waals surface area contributed by atoms with Gasteiger partial charge in [0.1, 0.15) is 11.4 Å². The molecule has 0 radical (unpaired) electrons. The van der Waals surface area contributed by atoms with Crippen LogP contribution in [-0.4, -0.2) is 17.4 Å². The third kappa shape index (κ3) is 4.21. The smallest absolute Gasteiger partial charge is 0.319 e. The standard InChI is InChI=1S/C6H9BrO2/c1-3-4-9-6(8)5(2)7/h3,5H,1,4H2,2H3/t5-/m1/s1. The predicted octanol–water partition coefficient (Wildman–Crippen LogP) is 1.50. The maximum absolute atomic E-state index is 10.6. The van der Waals surface area contributed by atoms with Gasteiger partial charge in [-0.3, -0.25) is 4.79 Å². The van der Waals surface area contributed by atoms with Gasteiger partial charge in [-0.15, -0.1) is 0 Å². The Morgan fingerprint density at radius 3 is 2.89 bits per heavy atom. The summed E-state index contributed by atoms with van der Waals surface area (Å²) < 4.78 is 4.65.